The van der Waals surface area contributed by atoms with Crippen molar-refractivity contribution in [1.82, 2.24) is 19.8 Å². The monoisotopic (exact) mass is 599 g/mol. The van der Waals surface area contributed by atoms with Crippen LogP contribution in [0.4, 0.5) is 16.3 Å². The molecule has 5 heterocycles. The highest BCUT2D eigenvalue weighted by Gasteiger charge is 2.46. The van der Waals surface area contributed by atoms with Crippen molar-refractivity contribution in [3.63, 3.8) is 0 Å². The van der Waals surface area contributed by atoms with E-state index in [1.54, 1.807) is 0 Å². The van der Waals surface area contributed by atoms with Crippen molar-refractivity contribution in [2.45, 2.75) is 50.4 Å². The molecule has 0 unspecified atom stereocenters. The predicted octanol–water partition coefficient (Wildman–Crippen LogP) is 4.71. The molecule has 0 spiro atoms. The Kier molecular flexibility index (Phi) is 7.23. The van der Waals surface area contributed by atoms with E-state index >= 15 is 0 Å². The number of benzene rings is 2. The second-order valence-electron chi connectivity index (χ2n) is 11.9. The summed E-state index contributed by atoms with van der Waals surface area (Å²) < 4.78 is 6.29. The molecule has 1 N–H and O–H groups in total. The summed E-state index contributed by atoms with van der Waals surface area (Å²) in [6.07, 6.45) is 4.08. The zero-order valence-electron chi connectivity index (χ0n) is 24.1. The van der Waals surface area contributed by atoms with Gasteiger partial charge in [0.25, 0.3) is 0 Å². The molecule has 2 aromatic carbocycles. The number of allylic oxidation sites excluding steroid dienone is 1. The number of likely N-dealkylation sites (tertiary alicyclic amines) is 1. The number of piperazine rings is 1. The van der Waals surface area contributed by atoms with E-state index in [1.165, 1.54) is 11.0 Å². The number of aromatic nitrogens is 2. The molecule has 7 rings (SSSR count). The summed E-state index contributed by atoms with van der Waals surface area (Å²) in [5.41, 5.74) is 3.92. The van der Waals surface area contributed by atoms with Crippen LogP contribution in [0.25, 0.3) is 10.8 Å². The Morgan fingerprint density at radius 2 is 2.02 bits per heavy atom. The molecule has 1 amide bonds. The lowest BCUT2D eigenvalue weighted by Gasteiger charge is -2.41. The Hall–Kier alpha value is -4.07. The molecule has 3 aromatic rings. The molecule has 3 atom stereocenters. The SMILES string of the molecule is CN1CCC[C@H]1COc1nc2c(c(N3C[C@H]4C/C(=C\C#N)[C@@H](C3)N4C(=O)O)n1)CCN(c1cccc3cccc(Cl)c13)C2. The third-order valence-corrected chi connectivity index (χ3v) is 9.81. The van der Waals surface area contributed by atoms with E-state index in [4.69, 9.17) is 26.3 Å². The van der Waals surface area contributed by atoms with Crippen LogP contribution in [0, 0.1) is 11.3 Å². The highest BCUT2D eigenvalue weighted by Crippen LogP contribution is 2.40. The molecular formula is C32H34ClN7O3. The maximum absolute atomic E-state index is 12.2. The minimum atomic E-state index is -0.949. The van der Waals surface area contributed by atoms with Crippen molar-refractivity contribution >= 4 is 40.0 Å². The van der Waals surface area contributed by atoms with E-state index in [2.05, 4.69) is 52.1 Å². The molecule has 222 valence electrons. The quantitative estimate of drug-likeness (QED) is 0.417. The molecule has 11 heteroatoms. The smallest absolute Gasteiger partial charge is 0.408 e. The van der Waals surface area contributed by atoms with Crippen LogP contribution in [0.15, 0.2) is 48.0 Å². The van der Waals surface area contributed by atoms with Crippen LogP contribution < -0.4 is 14.5 Å². The first-order chi connectivity index (χ1) is 20.9. The predicted molar refractivity (Wildman–Crippen MR) is 165 cm³/mol. The molecule has 43 heavy (non-hydrogen) atoms. The maximum Gasteiger partial charge on any atom is 0.408 e. The fourth-order valence-electron chi connectivity index (χ4n) is 7.36. The molecule has 0 saturated carbocycles. The number of ether oxygens (including phenoxy) is 1. The standard InChI is InChI=1S/C32H34ClN7O3/c1-37-13-4-7-22(37)19-43-31-35-26-17-38(27-9-3-6-20-5-2-8-25(33)29(20)27)14-11-24(26)30(36-31)39-16-23-15-21(10-12-34)28(18-39)40(23)32(41)42/h2-3,5-6,8-10,22-23,28H,4,7,11,13-19H2,1H3,(H,41,42)/b21-10+/t22-,23+,28+/m0/s1. The van der Waals surface area contributed by atoms with Gasteiger partial charge in [0.15, 0.2) is 0 Å². The first-order valence-corrected chi connectivity index (χ1v) is 15.3. The molecule has 4 aliphatic rings. The Balaban J connectivity index is 1.25. The average Bonchev–Trinajstić information content (AvgIpc) is 3.52. The lowest BCUT2D eigenvalue weighted by Crippen LogP contribution is -2.56. The normalized spacial score (nSPS) is 24.4. The van der Waals surface area contributed by atoms with Gasteiger partial charge in [0, 0.05) is 48.4 Å². The number of carboxylic acid groups (broad SMARTS) is 1. The van der Waals surface area contributed by atoms with Crippen LogP contribution in [-0.2, 0) is 13.0 Å². The van der Waals surface area contributed by atoms with Crippen LogP contribution in [0.3, 0.4) is 0 Å². The van der Waals surface area contributed by atoms with Crippen molar-refractivity contribution in [1.29, 1.82) is 5.26 Å². The van der Waals surface area contributed by atoms with Crippen LogP contribution in [-0.4, -0.2) is 88.9 Å². The number of rotatable bonds is 5. The Morgan fingerprint density at radius 1 is 1.19 bits per heavy atom. The highest BCUT2D eigenvalue weighted by molar-refractivity contribution is 6.36. The summed E-state index contributed by atoms with van der Waals surface area (Å²) in [6.45, 7) is 3.86. The van der Waals surface area contributed by atoms with Crippen LogP contribution in [0.2, 0.25) is 5.02 Å². The minimum Gasteiger partial charge on any atom is -0.465 e. The zero-order valence-corrected chi connectivity index (χ0v) is 24.9. The average molecular weight is 600 g/mol. The largest absolute Gasteiger partial charge is 0.465 e. The number of nitriles is 1. The van der Waals surface area contributed by atoms with E-state index in [-0.39, 0.29) is 12.1 Å². The molecule has 10 nitrogen and oxygen atoms in total. The minimum absolute atomic E-state index is 0.240. The fraction of sp³-hybridized carbons (Fsp3) is 0.438. The summed E-state index contributed by atoms with van der Waals surface area (Å²) in [5.74, 6) is 0.814. The Morgan fingerprint density at radius 3 is 2.79 bits per heavy atom. The second-order valence-corrected chi connectivity index (χ2v) is 12.4. The number of amides is 1. The molecule has 1 aromatic heterocycles. The number of hydrogen-bond acceptors (Lipinski definition) is 8. The summed E-state index contributed by atoms with van der Waals surface area (Å²) in [7, 11) is 2.12. The number of fused-ring (bicyclic) bond motifs is 4. The zero-order chi connectivity index (χ0) is 29.7. The van der Waals surface area contributed by atoms with Crippen molar-refractivity contribution in [3.05, 3.63) is 64.3 Å². The third-order valence-electron chi connectivity index (χ3n) is 9.49. The summed E-state index contributed by atoms with van der Waals surface area (Å²) in [6, 6.07) is 14.4. The van der Waals surface area contributed by atoms with Crippen molar-refractivity contribution < 1.29 is 14.6 Å². The number of hydrogen-bond donors (Lipinski definition) is 1. The molecule has 0 aliphatic carbocycles. The van der Waals surface area contributed by atoms with Crippen LogP contribution >= 0.6 is 11.6 Å². The van der Waals surface area contributed by atoms with E-state index in [1.807, 2.05) is 12.1 Å². The lowest BCUT2D eigenvalue weighted by molar-refractivity contribution is 0.117. The summed E-state index contributed by atoms with van der Waals surface area (Å²) >= 11 is 6.70. The molecule has 4 aliphatic heterocycles. The third kappa shape index (κ3) is 5.00. The van der Waals surface area contributed by atoms with Crippen LogP contribution in [0.1, 0.15) is 30.5 Å². The topological polar surface area (TPSA) is 109 Å². The van der Waals surface area contributed by atoms with Gasteiger partial charge in [-0.3, -0.25) is 4.90 Å². The van der Waals surface area contributed by atoms with E-state index < -0.39 is 6.09 Å². The number of nitrogens with zero attached hydrogens (tertiary/aromatic N) is 7. The fourth-order valence-corrected chi connectivity index (χ4v) is 7.63. The van der Waals surface area contributed by atoms with E-state index in [0.29, 0.717) is 44.7 Å². The lowest BCUT2D eigenvalue weighted by atomic mass is 10.0. The number of anilines is 2. The van der Waals surface area contributed by atoms with Gasteiger partial charge in [0.05, 0.1) is 35.4 Å². The molecule has 3 saturated heterocycles. The van der Waals surface area contributed by atoms with E-state index in [9.17, 15) is 15.2 Å². The first-order valence-electron chi connectivity index (χ1n) is 14.9. The van der Waals surface area contributed by atoms with Gasteiger partial charge in [-0.05, 0) is 62.4 Å². The van der Waals surface area contributed by atoms with Gasteiger partial charge in [0.2, 0.25) is 0 Å². The van der Waals surface area contributed by atoms with Gasteiger partial charge in [-0.25, -0.2) is 4.79 Å². The molecule has 0 radical (unpaired) electrons. The molecular weight excluding hydrogens is 566 g/mol. The maximum atomic E-state index is 12.2. The van der Waals surface area contributed by atoms with Crippen molar-refractivity contribution in [3.8, 4) is 12.1 Å². The van der Waals surface area contributed by atoms with Crippen LogP contribution in [0.5, 0.6) is 6.01 Å². The van der Waals surface area contributed by atoms with Crippen molar-refractivity contribution in [2.75, 3.05) is 49.6 Å². The van der Waals surface area contributed by atoms with Gasteiger partial charge >= 0.3 is 12.1 Å². The Bertz CT molecular complexity index is 1650. The van der Waals surface area contributed by atoms with Gasteiger partial charge in [-0.15, -0.1) is 0 Å². The number of likely N-dealkylation sites (N-methyl/N-ethyl adjacent to an activating group) is 1. The summed E-state index contributed by atoms with van der Waals surface area (Å²) in [4.78, 5) is 30.4. The molecule has 3 fully saturated rings. The first kappa shape index (κ1) is 27.7. The molecule has 2 bridgehead atoms. The van der Waals surface area contributed by atoms with Crippen molar-refractivity contribution in [2.24, 2.45) is 0 Å². The Labute approximate surface area is 255 Å². The summed E-state index contributed by atoms with van der Waals surface area (Å²) in [5, 5.41) is 22.2. The second kappa shape index (κ2) is 11.2. The van der Waals surface area contributed by atoms with Gasteiger partial charge < -0.3 is 24.5 Å². The number of carbonyl (C=O) groups is 1. The van der Waals surface area contributed by atoms with Gasteiger partial charge in [-0.1, -0.05) is 35.9 Å². The van der Waals surface area contributed by atoms with Gasteiger partial charge in [-0.2, -0.15) is 15.2 Å². The highest BCUT2D eigenvalue weighted by atomic mass is 35.5. The van der Waals surface area contributed by atoms with E-state index in [0.717, 1.165) is 76.5 Å². The number of halogens is 1. The van der Waals surface area contributed by atoms with Gasteiger partial charge in [0.1, 0.15) is 12.4 Å².